The Morgan fingerprint density at radius 2 is 1.88 bits per heavy atom. The smallest absolute Gasteiger partial charge is 0.211 e. The number of likely N-dealkylation sites (N-methyl/N-ethyl adjacent to an activating group) is 1. The minimum Gasteiger partial charge on any atom is -0.327 e. The van der Waals surface area contributed by atoms with E-state index in [-0.39, 0.29) is 6.04 Å². The summed E-state index contributed by atoms with van der Waals surface area (Å²) >= 11 is 9.86. The molecule has 1 fully saturated rings. The Morgan fingerprint density at radius 1 is 1.09 bits per heavy atom. The van der Waals surface area contributed by atoms with Gasteiger partial charge in [-0.15, -0.1) is 0 Å². The summed E-state index contributed by atoms with van der Waals surface area (Å²) in [4.78, 5) is 23.4. The maximum Gasteiger partial charge on any atom is 0.211 e. The Labute approximate surface area is 208 Å². The number of nitrogens with one attached hydrogen (secondary N) is 1. The Morgan fingerprint density at radius 3 is 2.61 bits per heavy atom. The van der Waals surface area contributed by atoms with Gasteiger partial charge in [0.1, 0.15) is 0 Å². The number of amides is 1. The molecule has 0 saturated carbocycles. The van der Waals surface area contributed by atoms with E-state index in [4.69, 9.17) is 16.6 Å². The molecular formula is C25H27BrClN5O. The van der Waals surface area contributed by atoms with Gasteiger partial charge in [-0.3, -0.25) is 19.7 Å². The molecule has 1 amide bonds. The van der Waals surface area contributed by atoms with E-state index in [1.807, 2.05) is 12.3 Å². The Hall–Kier alpha value is -2.32. The number of pyridine rings is 2. The highest BCUT2D eigenvalue weighted by Gasteiger charge is 2.31. The topological polar surface area (TPSA) is 61.4 Å². The molecule has 33 heavy (non-hydrogen) atoms. The van der Waals surface area contributed by atoms with Crippen molar-refractivity contribution in [1.82, 2.24) is 19.8 Å². The first-order valence-electron chi connectivity index (χ1n) is 11.0. The third-order valence-electron chi connectivity index (χ3n) is 6.08. The van der Waals surface area contributed by atoms with Crippen molar-refractivity contribution in [3.8, 4) is 0 Å². The maximum absolute atomic E-state index is 9.84. The number of halogens is 2. The number of aromatic nitrogens is 2. The molecule has 2 aliphatic rings. The number of benzene rings is 1. The summed E-state index contributed by atoms with van der Waals surface area (Å²) in [6, 6.07) is 12.4. The molecule has 172 valence electrons. The van der Waals surface area contributed by atoms with Crippen molar-refractivity contribution in [2.75, 3.05) is 38.5 Å². The third kappa shape index (κ3) is 5.98. The van der Waals surface area contributed by atoms with Gasteiger partial charge in [0.2, 0.25) is 6.41 Å². The quantitative estimate of drug-likeness (QED) is 0.504. The molecule has 1 aromatic carbocycles. The van der Waals surface area contributed by atoms with Crippen molar-refractivity contribution >= 4 is 39.6 Å². The van der Waals surface area contributed by atoms with Crippen molar-refractivity contribution in [2.24, 2.45) is 0 Å². The van der Waals surface area contributed by atoms with Crippen LogP contribution in [-0.2, 0) is 17.6 Å². The number of piperazine rings is 1. The largest absolute Gasteiger partial charge is 0.327 e. The number of carbonyl (C=O) groups excluding carboxylic acids is 1. The Bertz CT molecular complexity index is 1040. The van der Waals surface area contributed by atoms with Crippen LogP contribution in [0.25, 0.3) is 0 Å². The first kappa shape index (κ1) is 23.8. The van der Waals surface area contributed by atoms with Gasteiger partial charge in [0.25, 0.3) is 0 Å². The second-order valence-corrected chi connectivity index (χ2v) is 9.64. The number of anilines is 1. The molecule has 3 aromatic rings. The number of rotatable bonds is 3. The first-order chi connectivity index (χ1) is 16.0. The Balaban J connectivity index is 0.000000243. The molecule has 2 aromatic heterocycles. The fraction of sp³-hybridized carbons (Fsp3) is 0.320. The Kier molecular flexibility index (Phi) is 8.09. The van der Waals surface area contributed by atoms with E-state index in [0.29, 0.717) is 12.1 Å². The molecule has 1 unspecified atom stereocenters. The van der Waals surface area contributed by atoms with E-state index < -0.39 is 0 Å². The third-order valence-corrected chi connectivity index (χ3v) is 6.75. The summed E-state index contributed by atoms with van der Waals surface area (Å²) in [5.41, 5.74) is 6.01. The lowest BCUT2D eigenvalue weighted by Gasteiger charge is -2.38. The van der Waals surface area contributed by atoms with Gasteiger partial charge in [-0.1, -0.05) is 17.7 Å². The minimum atomic E-state index is 0.233. The molecule has 1 aliphatic heterocycles. The molecule has 1 atom stereocenters. The van der Waals surface area contributed by atoms with E-state index in [1.165, 1.54) is 22.4 Å². The molecule has 6 nitrogen and oxygen atoms in total. The lowest BCUT2D eigenvalue weighted by Crippen LogP contribution is -2.46. The van der Waals surface area contributed by atoms with Crippen molar-refractivity contribution in [1.29, 1.82) is 0 Å². The standard InChI is InChI=1S/C19H21BrClN3.C6H6N2O/c1-23-6-8-24(9-7-23)19-17-5-4-16(21)11-13(17)2-3-14-10-15(20)12-22-18(14)19;9-5-8-6-2-1-3-7-4-6/h4-5,10-12,19H,2-3,6-9H2,1H3;1-5H,(H,8,9). The summed E-state index contributed by atoms with van der Waals surface area (Å²) in [6.07, 6.45) is 7.81. The monoisotopic (exact) mass is 527 g/mol. The average Bonchev–Trinajstić information content (AvgIpc) is 2.97. The number of hydrogen-bond donors (Lipinski definition) is 1. The van der Waals surface area contributed by atoms with Crippen LogP contribution in [0, 0.1) is 0 Å². The van der Waals surface area contributed by atoms with Crippen molar-refractivity contribution in [2.45, 2.75) is 18.9 Å². The predicted molar refractivity (Wildman–Crippen MR) is 136 cm³/mol. The molecule has 0 spiro atoms. The van der Waals surface area contributed by atoms with E-state index in [9.17, 15) is 4.79 Å². The van der Waals surface area contributed by atoms with Gasteiger partial charge in [0.05, 0.1) is 23.6 Å². The lowest BCUT2D eigenvalue weighted by molar-refractivity contribution is -0.105. The molecule has 0 radical (unpaired) electrons. The van der Waals surface area contributed by atoms with Gasteiger partial charge < -0.3 is 10.2 Å². The molecule has 1 saturated heterocycles. The lowest BCUT2D eigenvalue weighted by atomic mass is 9.96. The van der Waals surface area contributed by atoms with Gasteiger partial charge >= 0.3 is 0 Å². The van der Waals surface area contributed by atoms with Crippen LogP contribution in [0.5, 0.6) is 0 Å². The van der Waals surface area contributed by atoms with Crippen LogP contribution < -0.4 is 5.32 Å². The van der Waals surface area contributed by atoms with E-state index in [0.717, 1.165) is 48.5 Å². The van der Waals surface area contributed by atoms with Crippen LogP contribution in [0.15, 0.2) is 59.5 Å². The fourth-order valence-corrected chi connectivity index (χ4v) is 4.95. The zero-order valence-electron chi connectivity index (χ0n) is 18.5. The normalized spacial score (nSPS) is 18.2. The van der Waals surface area contributed by atoms with Crippen LogP contribution in [0.4, 0.5) is 5.69 Å². The molecule has 0 bridgehead atoms. The second kappa shape index (κ2) is 11.2. The molecule has 8 heteroatoms. The number of aryl methyl sites for hydroxylation is 2. The van der Waals surface area contributed by atoms with E-state index in [2.05, 4.69) is 61.3 Å². The summed E-state index contributed by atoms with van der Waals surface area (Å²) in [7, 11) is 2.20. The summed E-state index contributed by atoms with van der Waals surface area (Å²) in [6.45, 7) is 4.34. The number of hydrogen-bond acceptors (Lipinski definition) is 5. The SMILES string of the molecule is CN1CCN(C2c3ccc(Cl)cc3CCc3cc(Br)cnc32)CC1.O=CNc1cccnc1. The van der Waals surface area contributed by atoms with Gasteiger partial charge in [-0.25, -0.2) is 0 Å². The van der Waals surface area contributed by atoms with Crippen molar-refractivity contribution in [3.05, 3.63) is 86.9 Å². The minimum absolute atomic E-state index is 0.233. The number of carbonyl (C=O) groups is 1. The number of fused-ring (bicyclic) bond motifs is 2. The zero-order valence-corrected chi connectivity index (χ0v) is 20.9. The van der Waals surface area contributed by atoms with Crippen molar-refractivity contribution < 1.29 is 4.79 Å². The summed E-state index contributed by atoms with van der Waals surface area (Å²) < 4.78 is 1.06. The van der Waals surface area contributed by atoms with Crippen molar-refractivity contribution in [3.63, 3.8) is 0 Å². The van der Waals surface area contributed by atoms with Crippen LogP contribution >= 0.6 is 27.5 Å². The summed E-state index contributed by atoms with van der Waals surface area (Å²) in [5, 5.41) is 3.29. The van der Waals surface area contributed by atoms with Gasteiger partial charge in [-0.2, -0.15) is 0 Å². The maximum atomic E-state index is 9.84. The van der Waals surface area contributed by atoms with Gasteiger partial charge in [0, 0.05) is 48.1 Å². The summed E-state index contributed by atoms with van der Waals surface area (Å²) in [5.74, 6) is 0. The van der Waals surface area contributed by atoms with Gasteiger partial charge in [-0.05, 0) is 82.8 Å². The highest BCUT2D eigenvalue weighted by molar-refractivity contribution is 9.10. The molecule has 5 rings (SSSR count). The molecule has 1 aliphatic carbocycles. The average molecular weight is 529 g/mol. The van der Waals surface area contributed by atoms with Crippen LogP contribution in [0.1, 0.15) is 28.4 Å². The van der Waals surface area contributed by atoms with E-state index in [1.54, 1.807) is 24.5 Å². The van der Waals surface area contributed by atoms with Crippen LogP contribution in [-0.4, -0.2) is 59.4 Å². The highest BCUT2D eigenvalue weighted by atomic mass is 79.9. The molecule has 3 heterocycles. The predicted octanol–water partition coefficient (Wildman–Crippen LogP) is 4.58. The highest BCUT2D eigenvalue weighted by Crippen LogP contribution is 2.37. The van der Waals surface area contributed by atoms with Crippen LogP contribution in [0.3, 0.4) is 0 Å². The number of nitrogens with zero attached hydrogens (tertiary/aromatic N) is 4. The second-order valence-electron chi connectivity index (χ2n) is 8.29. The molecular weight excluding hydrogens is 502 g/mol. The van der Waals surface area contributed by atoms with E-state index >= 15 is 0 Å². The van der Waals surface area contributed by atoms with Gasteiger partial charge in [0.15, 0.2) is 0 Å². The molecule has 1 N–H and O–H groups in total. The van der Waals surface area contributed by atoms with Crippen LogP contribution in [0.2, 0.25) is 5.02 Å². The first-order valence-corrected chi connectivity index (χ1v) is 12.2. The fourth-order valence-electron chi connectivity index (χ4n) is 4.38. The zero-order chi connectivity index (χ0) is 23.2.